The van der Waals surface area contributed by atoms with Gasteiger partial charge in [0.2, 0.25) is 10.0 Å². The van der Waals surface area contributed by atoms with E-state index in [1.807, 2.05) is 12.1 Å². The summed E-state index contributed by atoms with van der Waals surface area (Å²) >= 11 is 6.28. The van der Waals surface area contributed by atoms with E-state index in [1.54, 1.807) is 0 Å². The Morgan fingerprint density at radius 2 is 1.84 bits per heavy atom. The van der Waals surface area contributed by atoms with Gasteiger partial charge < -0.3 is 10.3 Å². The molecule has 0 aliphatic carbocycles. The van der Waals surface area contributed by atoms with Crippen LogP contribution in [0.15, 0.2) is 36.4 Å². The molecular formula is C22H23ClN4O3S. The Bertz CT molecular complexity index is 1290. The fourth-order valence-corrected chi connectivity index (χ4v) is 5.49. The van der Waals surface area contributed by atoms with Crippen molar-refractivity contribution in [3.63, 3.8) is 0 Å². The van der Waals surface area contributed by atoms with Crippen LogP contribution in [0.25, 0.3) is 22.2 Å². The van der Waals surface area contributed by atoms with E-state index in [-0.39, 0.29) is 5.91 Å². The highest BCUT2D eigenvalue weighted by molar-refractivity contribution is 7.88. The van der Waals surface area contributed by atoms with Crippen LogP contribution in [0.5, 0.6) is 0 Å². The van der Waals surface area contributed by atoms with Gasteiger partial charge in [0.1, 0.15) is 0 Å². The molecule has 1 aromatic heterocycles. The van der Waals surface area contributed by atoms with Gasteiger partial charge in [-0.2, -0.15) is 4.31 Å². The van der Waals surface area contributed by atoms with Crippen molar-refractivity contribution in [3.05, 3.63) is 58.1 Å². The predicted molar refractivity (Wildman–Crippen MR) is 122 cm³/mol. The highest BCUT2D eigenvalue weighted by atomic mass is 35.5. The first kappa shape index (κ1) is 20.5. The topological polar surface area (TPSA) is 85.5 Å². The number of aromatic nitrogens is 1. The van der Waals surface area contributed by atoms with Gasteiger partial charge in [0.15, 0.2) is 0 Å². The molecule has 3 aromatic rings. The largest absolute Gasteiger partial charge is 0.355 e. The summed E-state index contributed by atoms with van der Waals surface area (Å²) < 4.78 is 24.9. The van der Waals surface area contributed by atoms with Crippen molar-refractivity contribution >= 4 is 38.4 Å². The third kappa shape index (κ3) is 3.85. The average Bonchev–Trinajstić information content (AvgIpc) is 3.32. The number of fused-ring (bicyclic) bond motifs is 2. The minimum atomic E-state index is -3.12. The normalized spacial score (nSPS) is 17.8. The van der Waals surface area contributed by atoms with Crippen molar-refractivity contribution in [1.82, 2.24) is 19.5 Å². The van der Waals surface area contributed by atoms with Crippen molar-refractivity contribution in [2.24, 2.45) is 0 Å². The van der Waals surface area contributed by atoms with Gasteiger partial charge in [-0.25, -0.2) is 8.42 Å². The van der Waals surface area contributed by atoms with Crippen LogP contribution in [0.3, 0.4) is 0 Å². The van der Waals surface area contributed by atoms with E-state index in [2.05, 4.69) is 39.5 Å². The molecule has 5 rings (SSSR count). The third-order valence-corrected chi connectivity index (χ3v) is 7.75. The zero-order chi connectivity index (χ0) is 21.8. The number of hydrogen-bond acceptors (Lipinski definition) is 4. The molecule has 162 valence electrons. The number of carbonyl (C=O) groups excluding carboxylic acids is 1. The Balaban J connectivity index is 1.39. The number of nitrogens with zero attached hydrogens (tertiary/aromatic N) is 2. The van der Waals surface area contributed by atoms with E-state index in [9.17, 15) is 13.2 Å². The van der Waals surface area contributed by atoms with Gasteiger partial charge in [0.05, 0.1) is 11.8 Å². The summed E-state index contributed by atoms with van der Waals surface area (Å²) in [6.07, 6.45) is 1.26. The molecule has 0 bridgehead atoms. The van der Waals surface area contributed by atoms with Gasteiger partial charge >= 0.3 is 0 Å². The molecule has 2 N–H and O–H groups in total. The lowest BCUT2D eigenvalue weighted by Gasteiger charge is -2.33. The van der Waals surface area contributed by atoms with Gasteiger partial charge in [-0.1, -0.05) is 23.7 Å². The molecule has 2 aromatic carbocycles. The first-order chi connectivity index (χ1) is 14.8. The van der Waals surface area contributed by atoms with Gasteiger partial charge in [-0.3, -0.25) is 9.69 Å². The summed E-state index contributed by atoms with van der Waals surface area (Å²) in [5.74, 6) is -0.0971. The third-order valence-electron chi connectivity index (χ3n) is 6.09. The molecule has 0 radical (unpaired) electrons. The minimum Gasteiger partial charge on any atom is -0.355 e. The summed E-state index contributed by atoms with van der Waals surface area (Å²) in [6, 6.07) is 12.1. The Kier molecular flexibility index (Phi) is 5.05. The van der Waals surface area contributed by atoms with Crippen LogP contribution in [0.2, 0.25) is 5.02 Å². The van der Waals surface area contributed by atoms with E-state index in [0.29, 0.717) is 30.2 Å². The van der Waals surface area contributed by atoms with Crippen LogP contribution >= 0.6 is 11.6 Å². The van der Waals surface area contributed by atoms with Gasteiger partial charge in [0.25, 0.3) is 5.91 Å². The summed E-state index contributed by atoms with van der Waals surface area (Å²) in [7, 11) is -3.12. The van der Waals surface area contributed by atoms with Crippen molar-refractivity contribution < 1.29 is 13.2 Å². The Morgan fingerprint density at radius 1 is 1.06 bits per heavy atom. The molecule has 3 heterocycles. The molecule has 0 spiro atoms. The maximum Gasteiger partial charge on any atom is 0.252 e. The lowest BCUT2D eigenvalue weighted by atomic mass is 10.0. The number of benzene rings is 2. The van der Waals surface area contributed by atoms with Crippen LogP contribution in [0.1, 0.15) is 21.5 Å². The van der Waals surface area contributed by atoms with Crippen LogP contribution in [0.4, 0.5) is 0 Å². The van der Waals surface area contributed by atoms with Crippen molar-refractivity contribution in [1.29, 1.82) is 0 Å². The number of aromatic amines is 1. The molecular weight excluding hydrogens is 436 g/mol. The van der Waals surface area contributed by atoms with Gasteiger partial charge in [-0.15, -0.1) is 0 Å². The predicted octanol–water partition coefficient (Wildman–Crippen LogP) is 2.81. The zero-order valence-corrected chi connectivity index (χ0v) is 18.7. The van der Waals surface area contributed by atoms with Crippen molar-refractivity contribution in [3.8, 4) is 11.3 Å². The summed E-state index contributed by atoms with van der Waals surface area (Å²) in [6.45, 7) is 3.72. The number of amides is 1. The highest BCUT2D eigenvalue weighted by Gasteiger charge is 2.26. The van der Waals surface area contributed by atoms with Crippen LogP contribution in [0, 0.1) is 0 Å². The molecule has 7 nitrogen and oxygen atoms in total. The SMILES string of the molecule is CS(=O)(=O)N1CCN(Cc2ccc3[nH]c(-c4ccc(Cl)c5c4C(=O)NC5)cc3c2)CC1. The van der Waals surface area contributed by atoms with Crippen molar-refractivity contribution in [2.45, 2.75) is 13.1 Å². The standard InChI is InChI=1S/C22H23ClN4O3S/c1-31(29,30)27-8-6-26(7-9-27)13-14-2-5-19-15(10-14)11-20(25-19)16-3-4-18(23)17-12-24-22(28)21(16)17/h2-5,10-11,25H,6-9,12-13H2,1H3,(H,24,28). The highest BCUT2D eigenvalue weighted by Crippen LogP contribution is 2.34. The van der Waals surface area contributed by atoms with Gasteiger partial charge in [0, 0.05) is 72.0 Å². The summed E-state index contributed by atoms with van der Waals surface area (Å²) in [4.78, 5) is 18.1. The second-order valence-electron chi connectivity index (χ2n) is 8.17. The van der Waals surface area contributed by atoms with E-state index >= 15 is 0 Å². The van der Waals surface area contributed by atoms with E-state index in [4.69, 9.17) is 11.6 Å². The molecule has 9 heteroatoms. The number of hydrogen-bond donors (Lipinski definition) is 2. The fourth-order valence-electron chi connectivity index (χ4n) is 4.44. The Hall–Kier alpha value is -2.39. The van der Waals surface area contributed by atoms with Crippen LogP contribution < -0.4 is 5.32 Å². The number of carbonyl (C=O) groups is 1. The fraction of sp³-hybridized carbons (Fsp3) is 0.318. The maximum atomic E-state index is 12.4. The quantitative estimate of drug-likeness (QED) is 0.629. The monoisotopic (exact) mass is 458 g/mol. The molecule has 0 saturated carbocycles. The molecule has 0 unspecified atom stereocenters. The lowest BCUT2D eigenvalue weighted by molar-refractivity contribution is 0.0966. The molecule has 2 aliphatic heterocycles. The minimum absolute atomic E-state index is 0.0971. The first-order valence-electron chi connectivity index (χ1n) is 10.2. The Morgan fingerprint density at radius 3 is 2.58 bits per heavy atom. The second-order valence-corrected chi connectivity index (χ2v) is 10.6. The zero-order valence-electron chi connectivity index (χ0n) is 17.1. The first-order valence-corrected chi connectivity index (χ1v) is 12.4. The number of sulfonamides is 1. The number of H-pyrrole nitrogens is 1. The maximum absolute atomic E-state index is 12.4. The summed E-state index contributed by atoms with van der Waals surface area (Å²) in [5, 5.41) is 4.53. The average molecular weight is 459 g/mol. The molecule has 1 fully saturated rings. The molecule has 0 atom stereocenters. The second kappa shape index (κ2) is 7.63. The molecule has 1 saturated heterocycles. The lowest BCUT2D eigenvalue weighted by Crippen LogP contribution is -2.47. The van der Waals surface area contributed by atoms with E-state index in [0.717, 1.165) is 47.4 Å². The van der Waals surface area contributed by atoms with Crippen LogP contribution in [-0.4, -0.2) is 60.9 Å². The summed E-state index contributed by atoms with van der Waals surface area (Å²) in [5.41, 5.74) is 5.40. The van der Waals surface area contributed by atoms with Crippen molar-refractivity contribution in [2.75, 3.05) is 32.4 Å². The number of halogens is 1. The number of rotatable bonds is 4. The van der Waals surface area contributed by atoms with E-state index < -0.39 is 10.0 Å². The Labute approximate surface area is 186 Å². The molecule has 1 amide bonds. The van der Waals surface area contributed by atoms with Crippen LogP contribution in [-0.2, 0) is 23.1 Å². The smallest absolute Gasteiger partial charge is 0.252 e. The number of piperazine rings is 1. The molecule has 31 heavy (non-hydrogen) atoms. The number of nitrogens with one attached hydrogen (secondary N) is 2. The van der Waals surface area contributed by atoms with E-state index in [1.165, 1.54) is 16.1 Å². The molecule has 2 aliphatic rings. The van der Waals surface area contributed by atoms with Gasteiger partial charge in [-0.05, 0) is 29.8 Å².